The normalized spacial score (nSPS) is 26.6. The Morgan fingerprint density at radius 2 is 1.84 bits per heavy atom. The van der Waals surface area contributed by atoms with Gasteiger partial charge in [-0.25, -0.2) is 14.8 Å². The van der Waals surface area contributed by atoms with Crippen LogP contribution in [0.25, 0.3) is 21.6 Å². The third kappa shape index (κ3) is 7.11. The fourth-order valence-corrected chi connectivity index (χ4v) is 8.11. The van der Waals surface area contributed by atoms with E-state index >= 15 is 0 Å². The number of allylic oxidation sites excluding steroid dienone is 1. The van der Waals surface area contributed by atoms with Gasteiger partial charge in [-0.3, -0.25) is 9.59 Å². The number of benzene rings is 1. The highest BCUT2D eigenvalue weighted by molar-refractivity contribution is 7.13. The largest absolute Gasteiger partial charge is 0.503 e. The zero-order valence-corrected chi connectivity index (χ0v) is 29.4. The van der Waals surface area contributed by atoms with Gasteiger partial charge in [0, 0.05) is 36.3 Å². The molecular weight excluding hydrogens is 644 g/mol. The number of nitrogens with one attached hydrogen (secondary N) is 1. The molecule has 2 aromatic heterocycles. The van der Waals surface area contributed by atoms with Crippen LogP contribution in [0.4, 0.5) is 0 Å². The predicted octanol–water partition coefficient (Wildman–Crippen LogP) is 6.30. The number of carboxylic acids is 1. The summed E-state index contributed by atoms with van der Waals surface area (Å²) in [6.45, 7) is 4.72. The third-order valence-corrected chi connectivity index (χ3v) is 11.1. The lowest BCUT2D eigenvalue weighted by atomic mass is 9.93. The highest BCUT2D eigenvalue weighted by atomic mass is 32.1. The van der Waals surface area contributed by atoms with E-state index in [1.807, 2.05) is 17.5 Å². The smallest absolute Gasteiger partial charge is 0.330 e. The first-order valence-electron chi connectivity index (χ1n) is 17.3. The van der Waals surface area contributed by atoms with Crippen molar-refractivity contribution in [3.05, 3.63) is 41.4 Å². The minimum atomic E-state index is -1.37. The first-order valence-corrected chi connectivity index (χ1v) is 18.2. The van der Waals surface area contributed by atoms with Crippen LogP contribution in [0.1, 0.15) is 83.2 Å². The highest BCUT2D eigenvalue weighted by Crippen LogP contribution is 2.47. The number of rotatable bonds is 6. The van der Waals surface area contributed by atoms with Gasteiger partial charge in [0.25, 0.3) is 0 Å². The number of hydrogen-bond acceptors (Lipinski definition) is 9. The van der Waals surface area contributed by atoms with Crippen molar-refractivity contribution in [1.82, 2.24) is 20.2 Å². The van der Waals surface area contributed by atoms with Crippen LogP contribution in [0.5, 0.6) is 17.2 Å². The van der Waals surface area contributed by atoms with Crippen LogP contribution in [0.2, 0.25) is 0 Å². The lowest BCUT2D eigenvalue weighted by Gasteiger charge is -2.25. The topological polar surface area (TPSA) is 151 Å². The standard InChI is InChI=1S/C37H46N4O7S/c1-21(2)28-20-49-34(39-28)27-18-30(24-13-14-29(47-4)32(42)31(24)38-27)48-23-16-25-26(17-23)35(44)41(3)15-11-9-7-5-6-8-10-12-22-19-37(22,36(45)46)40-33(25)43/h10,12-14,18,20-23,25-26,42H,5-9,11,15-17,19H2,1-4H3,(H,40,43)(H,45,46)/t22-,23?,25-,26?,37-/m1/s1. The number of carboxylic acid groups (broad SMARTS) is 1. The number of pyridine rings is 1. The predicted molar refractivity (Wildman–Crippen MR) is 187 cm³/mol. The maximum absolute atomic E-state index is 14.0. The third-order valence-electron chi connectivity index (χ3n) is 10.3. The number of phenolic OH excluding ortho intramolecular Hbond substituents is 1. The molecule has 11 nitrogen and oxygen atoms in total. The van der Waals surface area contributed by atoms with Crippen molar-refractivity contribution in [2.75, 3.05) is 20.7 Å². The number of amides is 2. The number of fused-ring (bicyclic) bond motifs is 3. The van der Waals surface area contributed by atoms with Crippen LogP contribution in [0.15, 0.2) is 35.7 Å². The Labute approximate surface area is 290 Å². The molecule has 0 spiro atoms. The van der Waals surface area contributed by atoms with E-state index in [-0.39, 0.29) is 47.6 Å². The summed E-state index contributed by atoms with van der Waals surface area (Å²) in [6.07, 6.45) is 10.2. The van der Waals surface area contributed by atoms with E-state index in [0.717, 1.165) is 44.2 Å². The molecule has 3 aromatic rings. The maximum atomic E-state index is 14.0. The highest BCUT2D eigenvalue weighted by Gasteiger charge is 2.61. The average Bonchev–Trinajstić information content (AvgIpc) is 3.38. The molecule has 49 heavy (non-hydrogen) atoms. The summed E-state index contributed by atoms with van der Waals surface area (Å²) in [4.78, 5) is 51.6. The molecular formula is C37H46N4O7S. The van der Waals surface area contributed by atoms with E-state index in [1.54, 1.807) is 30.1 Å². The minimum absolute atomic E-state index is 0.127. The minimum Gasteiger partial charge on any atom is -0.503 e. The number of methoxy groups -OCH3 is 1. The van der Waals surface area contributed by atoms with Gasteiger partial charge in [0.1, 0.15) is 33.6 Å². The van der Waals surface area contributed by atoms with Gasteiger partial charge in [0.05, 0.1) is 24.6 Å². The number of hydrogen-bond donors (Lipinski definition) is 3. The number of ether oxygens (including phenoxy) is 2. The van der Waals surface area contributed by atoms with E-state index in [0.29, 0.717) is 34.8 Å². The zero-order chi connectivity index (χ0) is 34.9. The second-order valence-electron chi connectivity index (χ2n) is 14.0. The van der Waals surface area contributed by atoms with Gasteiger partial charge in [-0.05, 0) is 56.6 Å². The molecule has 1 aromatic carbocycles. The zero-order valence-electron chi connectivity index (χ0n) is 28.6. The molecule has 2 unspecified atom stereocenters. The maximum Gasteiger partial charge on any atom is 0.330 e. The van der Waals surface area contributed by atoms with Crippen molar-refractivity contribution in [2.24, 2.45) is 17.8 Å². The molecule has 0 saturated heterocycles. The Kier molecular flexibility index (Phi) is 10.1. The summed E-state index contributed by atoms with van der Waals surface area (Å²) >= 11 is 1.45. The molecule has 1 aliphatic heterocycles. The van der Waals surface area contributed by atoms with E-state index in [1.165, 1.54) is 18.4 Å². The van der Waals surface area contributed by atoms with Gasteiger partial charge < -0.3 is 29.9 Å². The molecule has 3 aliphatic rings. The Bertz CT molecular complexity index is 1760. The van der Waals surface area contributed by atoms with Crippen molar-refractivity contribution in [3.63, 3.8) is 0 Å². The Morgan fingerprint density at radius 1 is 1.08 bits per heavy atom. The second kappa shape index (κ2) is 14.3. The molecule has 2 saturated carbocycles. The molecule has 2 amide bonds. The van der Waals surface area contributed by atoms with Gasteiger partial charge in [-0.15, -0.1) is 11.3 Å². The number of nitrogens with zero attached hydrogens (tertiary/aromatic N) is 3. The van der Waals surface area contributed by atoms with Crippen LogP contribution in [0, 0.1) is 17.8 Å². The van der Waals surface area contributed by atoms with Crippen LogP contribution >= 0.6 is 11.3 Å². The molecule has 6 rings (SSSR count). The number of aromatic hydroxyl groups is 1. The van der Waals surface area contributed by atoms with Crippen LogP contribution < -0.4 is 14.8 Å². The van der Waals surface area contributed by atoms with Gasteiger partial charge >= 0.3 is 5.97 Å². The van der Waals surface area contributed by atoms with E-state index < -0.39 is 35.4 Å². The van der Waals surface area contributed by atoms with Crippen LogP contribution in [-0.2, 0) is 14.4 Å². The van der Waals surface area contributed by atoms with Crippen LogP contribution in [-0.4, -0.2) is 75.2 Å². The van der Waals surface area contributed by atoms with E-state index in [4.69, 9.17) is 19.4 Å². The summed E-state index contributed by atoms with van der Waals surface area (Å²) < 4.78 is 12.0. The quantitative estimate of drug-likeness (QED) is 0.253. The first kappa shape index (κ1) is 34.7. The van der Waals surface area contributed by atoms with Gasteiger partial charge in [-0.2, -0.15) is 0 Å². The Hall–Kier alpha value is -4.19. The molecule has 3 heterocycles. The number of carbonyl (C=O) groups is 3. The summed E-state index contributed by atoms with van der Waals surface area (Å²) in [5, 5.41) is 27.4. The van der Waals surface area contributed by atoms with E-state index in [2.05, 4.69) is 19.2 Å². The van der Waals surface area contributed by atoms with Gasteiger partial charge in [0.15, 0.2) is 11.5 Å². The summed E-state index contributed by atoms with van der Waals surface area (Å²) in [6, 6.07) is 5.20. The second-order valence-corrected chi connectivity index (χ2v) is 14.9. The van der Waals surface area contributed by atoms with Gasteiger partial charge in [0.2, 0.25) is 11.8 Å². The lowest BCUT2D eigenvalue weighted by molar-refractivity contribution is -0.145. The van der Waals surface area contributed by atoms with Crippen molar-refractivity contribution >= 4 is 40.0 Å². The number of aromatic nitrogens is 2. The van der Waals surface area contributed by atoms with Crippen LogP contribution in [0.3, 0.4) is 0 Å². The van der Waals surface area contributed by atoms with Crippen molar-refractivity contribution in [1.29, 1.82) is 0 Å². The number of thiazole rings is 1. The molecule has 5 atom stereocenters. The number of carbonyl (C=O) groups excluding carboxylic acids is 2. The summed E-state index contributed by atoms with van der Waals surface area (Å²) in [5.41, 5.74) is 0.373. The summed E-state index contributed by atoms with van der Waals surface area (Å²) in [7, 11) is 3.25. The molecule has 262 valence electrons. The fourth-order valence-electron chi connectivity index (χ4n) is 7.17. The summed E-state index contributed by atoms with van der Waals surface area (Å²) in [5.74, 6) is -2.58. The van der Waals surface area contributed by atoms with E-state index in [9.17, 15) is 24.6 Å². The number of phenols is 1. The van der Waals surface area contributed by atoms with Crippen molar-refractivity contribution < 1.29 is 34.1 Å². The monoisotopic (exact) mass is 690 g/mol. The van der Waals surface area contributed by atoms with Gasteiger partial charge in [-0.1, -0.05) is 45.3 Å². The van der Waals surface area contributed by atoms with Crippen molar-refractivity contribution in [3.8, 4) is 28.0 Å². The Balaban J connectivity index is 1.33. The molecule has 0 bridgehead atoms. The molecule has 3 N–H and O–H groups in total. The first-order chi connectivity index (χ1) is 23.5. The lowest BCUT2D eigenvalue weighted by Crippen LogP contribution is -2.49. The average molecular weight is 691 g/mol. The fraction of sp³-hybridized carbons (Fsp3) is 0.541. The molecule has 0 radical (unpaired) electrons. The molecule has 12 heteroatoms. The van der Waals surface area contributed by atoms with Crippen molar-refractivity contribution in [2.45, 2.75) is 89.2 Å². The molecule has 2 fully saturated rings. The molecule has 2 aliphatic carbocycles. The SMILES string of the molecule is COc1ccc2c(OC3CC4C(=O)N(C)CCCCCCCC=C[C@@H]5C[C@@]5(C(=O)O)NC(=O)[C@@H]4C3)cc(-c3nc(C(C)C)cs3)nc2c1O. The number of aliphatic carboxylic acids is 1. The Morgan fingerprint density at radius 3 is 2.57 bits per heavy atom.